The van der Waals surface area contributed by atoms with Gasteiger partial charge < -0.3 is 10.8 Å². The van der Waals surface area contributed by atoms with Crippen LogP contribution in [0.3, 0.4) is 0 Å². The highest BCUT2D eigenvalue weighted by atomic mass is 16.3. The van der Waals surface area contributed by atoms with E-state index in [0.717, 1.165) is 5.56 Å². The summed E-state index contributed by atoms with van der Waals surface area (Å²) in [5, 5.41) is 8.64. The first-order chi connectivity index (χ1) is 5.34. The van der Waals surface area contributed by atoms with E-state index in [0.29, 0.717) is 5.69 Å². The highest BCUT2D eigenvalue weighted by molar-refractivity contribution is 5.45. The van der Waals surface area contributed by atoms with Crippen LogP contribution in [-0.4, -0.2) is 5.11 Å². The van der Waals surface area contributed by atoms with Crippen molar-refractivity contribution in [3.8, 4) is 0 Å². The molecule has 0 spiro atoms. The van der Waals surface area contributed by atoms with E-state index in [2.05, 4.69) is 0 Å². The number of aliphatic hydroxyl groups is 1. The second kappa shape index (κ2) is 5.74. The van der Waals surface area contributed by atoms with E-state index < -0.39 is 0 Å². The summed E-state index contributed by atoms with van der Waals surface area (Å²) in [6, 6.07) is 7.26. The second-order valence-corrected chi connectivity index (χ2v) is 1.86. The SMILES string of the molecule is CC.Nc1ccccc1CO. The molecule has 0 fully saturated rings. The lowest BCUT2D eigenvalue weighted by atomic mass is 10.2. The first-order valence-corrected chi connectivity index (χ1v) is 3.79. The fourth-order valence-electron chi connectivity index (χ4n) is 0.678. The molecule has 11 heavy (non-hydrogen) atoms. The van der Waals surface area contributed by atoms with Crippen LogP contribution in [0.4, 0.5) is 5.69 Å². The smallest absolute Gasteiger partial charge is 0.0701 e. The summed E-state index contributed by atoms with van der Waals surface area (Å²) in [4.78, 5) is 0. The molecule has 0 saturated carbocycles. The summed E-state index contributed by atoms with van der Waals surface area (Å²) in [5.74, 6) is 0. The normalized spacial score (nSPS) is 8.27. The number of anilines is 1. The Labute approximate surface area is 67.7 Å². The molecule has 0 aliphatic carbocycles. The second-order valence-electron chi connectivity index (χ2n) is 1.86. The minimum Gasteiger partial charge on any atom is -0.398 e. The maximum atomic E-state index is 8.64. The molecule has 0 heterocycles. The summed E-state index contributed by atoms with van der Waals surface area (Å²) in [7, 11) is 0. The van der Waals surface area contributed by atoms with Crippen LogP contribution in [-0.2, 0) is 6.61 Å². The van der Waals surface area contributed by atoms with Gasteiger partial charge in [0.25, 0.3) is 0 Å². The molecule has 0 aliphatic heterocycles. The van der Waals surface area contributed by atoms with Gasteiger partial charge in [-0.2, -0.15) is 0 Å². The number of nitrogens with two attached hydrogens (primary N) is 1. The van der Waals surface area contributed by atoms with Crippen LogP contribution in [0.5, 0.6) is 0 Å². The molecule has 1 aromatic rings. The summed E-state index contributed by atoms with van der Waals surface area (Å²) < 4.78 is 0. The molecular weight excluding hydrogens is 138 g/mol. The van der Waals surface area contributed by atoms with Crippen LogP contribution in [0.1, 0.15) is 19.4 Å². The molecule has 1 rings (SSSR count). The molecule has 0 unspecified atom stereocenters. The zero-order valence-electron chi connectivity index (χ0n) is 7.04. The Hall–Kier alpha value is -1.02. The van der Waals surface area contributed by atoms with Crippen molar-refractivity contribution >= 4 is 5.69 Å². The number of aliphatic hydroxyl groups excluding tert-OH is 1. The number of benzene rings is 1. The predicted octanol–water partition coefficient (Wildman–Crippen LogP) is 1.79. The third-order valence-electron chi connectivity index (χ3n) is 1.23. The van der Waals surface area contributed by atoms with Crippen molar-refractivity contribution in [1.82, 2.24) is 0 Å². The van der Waals surface area contributed by atoms with Crippen molar-refractivity contribution < 1.29 is 5.11 Å². The zero-order valence-corrected chi connectivity index (χ0v) is 7.04. The van der Waals surface area contributed by atoms with Crippen LogP contribution in [0, 0.1) is 0 Å². The van der Waals surface area contributed by atoms with Crippen molar-refractivity contribution in [3.05, 3.63) is 29.8 Å². The number of nitrogen functional groups attached to an aromatic ring is 1. The Bertz CT molecular complexity index is 199. The minimum absolute atomic E-state index is 0.0205. The average molecular weight is 153 g/mol. The quantitative estimate of drug-likeness (QED) is 0.604. The molecule has 0 aliphatic rings. The van der Waals surface area contributed by atoms with Crippen molar-refractivity contribution in [2.24, 2.45) is 0 Å². The van der Waals surface area contributed by atoms with E-state index in [-0.39, 0.29) is 6.61 Å². The highest BCUT2D eigenvalue weighted by Crippen LogP contribution is 2.08. The van der Waals surface area contributed by atoms with Crippen LogP contribution >= 0.6 is 0 Å². The first-order valence-electron chi connectivity index (χ1n) is 3.79. The number of hydrogen-bond donors (Lipinski definition) is 2. The molecule has 62 valence electrons. The Morgan fingerprint density at radius 3 is 2.18 bits per heavy atom. The fraction of sp³-hybridized carbons (Fsp3) is 0.333. The average Bonchev–Trinajstić information content (AvgIpc) is 2.09. The molecule has 0 radical (unpaired) electrons. The van der Waals surface area contributed by atoms with Gasteiger partial charge in [0, 0.05) is 11.3 Å². The topological polar surface area (TPSA) is 46.2 Å². The van der Waals surface area contributed by atoms with Gasteiger partial charge in [-0.3, -0.25) is 0 Å². The molecular formula is C9H15NO. The summed E-state index contributed by atoms with van der Waals surface area (Å²) in [6.07, 6.45) is 0. The van der Waals surface area contributed by atoms with Gasteiger partial charge in [0.1, 0.15) is 0 Å². The minimum atomic E-state index is 0.0205. The van der Waals surface area contributed by atoms with E-state index in [1.807, 2.05) is 26.0 Å². The molecule has 0 amide bonds. The Kier molecular flexibility index (Phi) is 5.21. The van der Waals surface area contributed by atoms with E-state index in [4.69, 9.17) is 10.8 Å². The highest BCUT2D eigenvalue weighted by Gasteiger charge is 1.91. The van der Waals surface area contributed by atoms with E-state index in [9.17, 15) is 0 Å². The fourth-order valence-corrected chi connectivity index (χ4v) is 0.678. The Morgan fingerprint density at radius 1 is 1.27 bits per heavy atom. The van der Waals surface area contributed by atoms with Gasteiger partial charge >= 0.3 is 0 Å². The van der Waals surface area contributed by atoms with Gasteiger partial charge in [-0.05, 0) is 6.07 Å². The molecule has 0 aromatic heterocycles. The Balaban J connectivity index is 0.000000461. The molecule has 3 N–H and O–H groups in total. The maximum Gasteiger partial charge on any atom is 0.0701 e. The van der Waals surface area contributed by atoms with Crippen molar-refractivity contribution in [3.63, 3.8) is 0 Å². The lowest BCUT2D eigenvalue weighted by molar-refractivity contribution is 0.282. The van der Waals surface area contributed by atoms with Gasteiger partial charge in [-0.25, -0.2) is 0 Å². The molecule has 0 saturated heterocycles. The molecule has 2 heteroatoms. The summed E-state index contributed by atoms with van der Waals surface area (Å²) >= 11 is 0. The van der Waals surface area contributed by atoms with E-state index in [1.165, 1.54) is 0 Å². The van der Waals surface area contributed by atoms with E-state index in [1.54, 1.807) is 12.1 Å². The lowest BCUT2D eigenvalue weighted by Crippen LogP contribution is -1.91. The summed E-state index contributed by atoms with van der Waals surface area (Å²) in [6.45, 7) is 4.02. The molecule has 0 bridgehead atoms. The third kappa shape index (κ3) is 3.05. The monoisotopic (exact) mass is 153 g/mol. The molecule has 2 nitrogen and oxygen atoms in total. The zero-order chi connectivity index (χ0) is 8.69. The largest absolute Gasteiger partial charge is 0.398 e. The molecule has 1 aromatic carbocycles. The predicted molar refractivity (Wildman–Crippen MR) is 48.1 cm³/mol. The maximum absolute atomic E-state index is 8.64. The van der Waals surface area contributed by atoms with Crippen molar-refractivity contribution in [2.45, 2.75) is 20.5 Å². The van der Waals surface area contributed by atoms with Gasteiger partial charge in [-0.1, -0.05) is 32.0 Å². The number of rotatable bonds is 1. The van der Waals surface area contributed by atoms with Crippen molar-refractivity contribution in [2.75, 3.05) is 5.73 Å². The lowest BCUT2D eigenvalue weighted by Gasteiger charge is -1.97. The van der Waals surface area contributed by atoms with Gasteiger partial charge in [0.05, 0.1) is 6.61 Å². The van der Waals surface area contributed by atoms with Gasteiger partial charge in [0.15, 0.2) is 0 Å². The number of para-hydroxylation sites is 1. The van der Waals surface area contributed by atoms with Crippen LogP contribution in [0.15, 0.2) is 24.3 Å². The van der Waals surface area contributed by atoms with Gasteiger partial charge in [-0.15, -0.1) is 0 Å². The van der Waals surface area contributed by atoms with Crippen LogP contribution in [0.25, 0.3) is 0 Å². The Morgan fingerprint density at radius 2 is 1.82 bits per heavy atom. The van der Waals surface area contributed by atoms with Gasteiger partial charge in [0.2, 0.25) is 0 Å². The first kappa shape index (κ1) is 9.98. The molecule has 0 atom stereocenters. The van der Waals surface area contributed by atoms with E-state index >= 15 is 0 Å². The number of hydrogen-bond acceptors (Lipinski definition) is 2. The standard InChI is InChI=1S/C7H9NO.C2H6/c8-7-4-2-1-3-6(7)5-9;1-2/h1-4,9H,5,8H2;1-2H3. The summed E-state index contributed by atoms with van der Waals surface area (Å²) in [5.41, 5.74) is 6.91. The van der Waals surface area contributed by atoms with Crippen LogP contribution < -0.4 is 5.73 Å². The van der Waals surface area contributed by atoms with Crippen LogP contribution in [0.2, 0.25) is 0 Å². The third-order valence-corrected chi connectivity index (χ3v) is 1.23. The van der Waals surface area contributed by atoms with Crippen molar-refractivity contribution in [1.29, 1.82) is 0 Å².